The van der Waals surface area contributed by atoms with E-state index in [1.807, 2.05) is 0 Å². The number of nitrogens with zero attached hydrogens (tertiary/aromatic N) is 1. The molecular weight excluding hydrogens is 579 g/mol. The van der Waals surface area contributed by atoms with E-state index in [1.165, 1.54) is 94.2 Å². The Morgan fingerprint density at radius 3 is 1.40 bits per heavy atom. The predicted molar refractivity (Wildman–Crippen MR) is 204 cm³/mol. The summed E-state index contributed by atoms with van der Waals surface area (Å²) in [6.45, 7) is 4.69. The second-order valence-electron chi connectivity index (χ2n) is 13.7. The molecule has 0 N–H and O–H groups in total. The second kappa shape index (κ2) is 10.0. The number of para-hydroxylation sites is 2. The quantitative estimate of drug-likeness (QED) is 0.192. The van der Waals surface area contributed by atoms with E-state index in [9.17, 15) is 0 Å². The summed E-state index contributed by atoms with van der Waals surface area (Å²) in [6.07, 6.45) is 0. The van der Waals surface area contributed by atoms with Gasteiger partial charge in [0.1, 0.15) is 0 Å². The Balaban J connectivity index is 1.22. The zero-order chi connectivity index (χ0) is 32.0. The minimum atomic E-state index is -0.0831. The Labute approximate surface area is 281 Å². The maximum absolute atomic E-state index is 2.46. The van der Waals surface area contributed by atoms with Gasteiger partial charge >= 0.3 is 0 Å². The highest BCUT2D eigenvalue weighted by Crippen LogP contribution is 2.60. The van der Waals surface area contributed by atoms with Crippen LogP contribution >= 0.6 is 0 Å². The van der Waals surface area contributed by atoms with Gasteiger partial charge in [-0.25, -0.2) is 0 Å². The summed E-state index contributed by atoms with van der Waals surface area (Å²) in [5.41, 5.74) is 16.9. The van der Waals surface area contributed by atoms with Crippen molar-refractivity contribution in [2.45, 2.75) is 19.3 Å². The largest absolute Gasteiger partial charge is 0.310 e. The fourth-order valence-corrected chi connectivity index (χ4v) is 8.51. The molecule has 8 aromatic carbocycles. The second-order valence-corrected chi connectivity index (χ2v) is 13.7. The van der Waals surface area contributed by atoms with Crippen molar-refractivity contribution in [1.29, 1.82) is 0 Å². The van der Waals surface area contributed by atoms with Gasteiger partial charge in [-0.3, -0.25) is 0 Å². The van der Waals surface area contributed by atoms with Crippen molar-refractivity contribution < 1.29 is 0 Å². The van der Waals surface area contributed by atoms with E-state index in [-0.39, 0.29) is 5.41 Å². The molecule has 1 heterocycles. The van der Waals surface area contributed by atoms with Crippen LogP contribution in [0.3, 0.4) is 0 Å². The average Bonchev–Trinajstić information content (AvgIpc) is 3.14. The first kappa shape index (κ1) is 27.2. The van der Waals surface area contributed by atoms with E-state index in [2.05, 4.69) is 183 Å². The van der Waals surface area contributed by atoms with Crippen molar-refractivity contribution in [1.82, 2.24) is 0 Å². The van der Waals surface area contributed by atoms with Gasteiger partial charge in [-0.1, -0.05) is 141 Å². The summed E-state index contributed by atoms with van der Waals surface area (Å²) in [6, 6.07) is 60.5. The van der Waals surface area contributed by atoms with E-state index in [0.29, 0.717) is 0 Å². The van der Waals surface area contributed by atoms with E-state index in [0.717, 1.165) is 0 Å². The van der Waals surface area contributed by atoms with Crippen LogP contribution in [-0.2, 0) is 5.41 Å². The average molecular weight is 612 g/mol. The lowest BCUT2D eigenvalue weighted by Gasteiger charge is -2.42. The van der Waals surface area contributed by atoms with Gasteiger partial charge in [-0.2, -0.15) is 0 Å². The van der Waals surface area contributed by atoms with Crippen LogP contribution in [0.25, 0.3) is 66.1 Å². The molecule has 8 aromatic rings. The van der Waals surface area contributed by atoms with Crippen LogP contribution < -0.4 is 4.90 Å². The first-order chi connectivity index (χ1) is 23.6. The molecule has 10 rings (SSSR count). The topological polar surface area (TPSA) is 3.24 Å². The molecule has 0 atom stereocenters. The Morgan fingerprint density at radius 1 is 0.396 bits per heavy atom. The first-order valence-electron chi connectivity index (χ1n) is 16.9. The third-order valence-corrected chi connectivity index (χ3v) is 10.7. The van der Waals surface area contributed by atoms with Gasteiger partial charge in [0.25, 0.3) is 0 Å². The van der Waals surface area contributed by atoms with Crippen molar-refractivity contribution in [2.24, 2.45) is 0 Å². The summed E-state index contributed by atoms with van der Waals surface area (Å²) >= 11 is 0. The van der Waals surface area contributed by atoms with Crippen molar-refractivity contribution in [2.75, 3.05) is 4.90 Å². The highest BCUT2D eigenvalue weighted by atomic mass is 15.2. The van der Waals surface area contributed by atoms with Crippen LogP contribution in [0.4, 0.5) is 17.1 Å². The third-order valence-electron chi connectivity index (χ3n) is 10.7. The maximum Gasteiger partial charge on any atom is 0.0502 e. The van der Waals surface area contributed by atoms with E-state index in [1.54, 1.807) is 0 Å². The Morgan fingerprint density at radius 2 is 0.854 bits per heavy atom. The van der Waals surface area contributed by atoms with Crippen molar-refractivity contribution in [3.63, 3.8) is 0 Å². The molecule has 1 aliphatic heterocycles. The van der Waals surface area contributed by atoms with Crippen LogP contribution in [0, 0.1) is 0 Å². The van der Waals surface area contributed by atoms with Gasteiger partial charge in [0.2, 0.25) is 0 Å². The smallest absolute Gasteiger partial charge is 0.0502 e. The molecule has 0 saturated carbocycles. The lowest BCUT2D eigenvalue weighted by molar-refractivity contribution is 0.632. The van der Waals surface area contributed by atoms with Crippen molar-refractivity contribution in [3.05, 3.63) is 175 Å². The normalized spacial score (nSPS) is 13.8. The number of anilines is 3. The summed E-state index contributed by atoms with van der Waals surface area (Å²) in [5.74, 6) is 0. The molecule has 226 valence electrons. The Kier molecular flexibility index (Phi) is 5.69. The molecule has 0 aromatic heterocycles. The molecule has 0 spiro atoms. The molecule has 1 nitrogen and oxygen atoms in total. The number of hydrogen-bond donors (Lipinski definition) is 0. The monoisotopic (exact) mass is 611 g/mol. The molecule has 1 aliphatic carbocycles. The minimum Gasteiger partial charge on any atom is -0.310 e. The number of rotatable bonds is 3. The molecule has 0 radical (unpaired) electrons. The first-order valence-corrected chi connectivity index (χ1v) is 16.9. The fourth-order valence-electron chi connectivity index (χ4n) is 8.51. The van der Waals surface area contributed by atoms with Crippen molar-refractivity contribution >= 4 is 38.6 Å². The van der Waals surface area contributed by atoms with Gasteiger partial charge in [0.05, 0.1) is 11.4 Å². The lowest BCUT2D eigenvalue weighted by Crippen LogP contribution is -2.30. The fraction of sp³-hybridized carbons (Fsp3) is 0.0638. The standard InChI is InChI=1S/C47H33N/c1-47(2)39-21-11-13-23-41(39)48(42-24-14-12-22-40(42)47)34-26-25-32-28-37-38(29-33(32)27-34)46-44(31-17-7-4-8-18-31)36-20-10-9-19-35(36)43(45(37)46)30-15-5-3-6-16-30/h3-29H,1-2H3. The summed E-state index contributed by atoms with van der Waals surface area (Å²) < 4.78 is 0. The molecule has 0 bridgehead atoms. The maximum atomic E-state index is 2.46. The van der Waals surface area contributed by atoms with Crippen LogP contribution in [-0.4, -0.2) is 0 Å². The molecule has 0 fully saturated rings. The van der Waals surface area contributed by atoms with Crippen molar-refractivity contribution in [3.8, 4) is 44.5 Å². The van der Waals surface area contributed by atoms with E-state index < -0.39 is 0 Å². The van der Waals surface area contributed by atoms with Gasteiger partial charge in [0.15, 0.2) is 0 Å². The molecule has 1 heteroatoms. The van der Waals surface area contributed by atoms with Gasteiger partial charge in [-0.05, 0) is 114 Å². The Bertz CT molecular complexity index is 2530. The molecule has 0 saturated heterocycles. The molecule has 2 aliphatic rings. The number of fused-ring (bicyclic) bond motifs is 8. The van der Waals surface area contributed by atoms with Crippen LogP contribution in [0.5, 0.6) is 0 Å². The highest BCUT2D eigenvalue weighted by molar-refractivity contribution is 6.26. The zero-order valence-corrected chi connectivity index (χ0v) is 27.0. The minimum absolute atomic E-state index is 0.0831. The van der Waals surface area contributed by atoms with E-state index in [4.69, 9.17) is 0 Å². The Hall–Kier alpha value is -5.92. The zero-order valence-electron chi connectivity index (χ0n) is 27.0. The summed E-state index contributed by atoms with van der Waals surface area (Å²) in [5, 5.41) is 5.11. The molecule has 0 amide bonds. The lowest BCUT2D eigenvalue weighted by atomic mass is 9.70. The summed E-state index contributed by atoms with van der Waals surface area (Å²) in [4.78, 5) is 2.46. The van der Waals surface area contributed by atoms with Gasteiger partial charge < -0.3 is 4.90 Å². The number of hydrogen-bond acceptors (Lipinski definition) is 1. The van der Waals surface area contributed by atoms with E-state index >= 15 is 0 Å². The van der Waals surface area contributed by atoms with Crippen LogP contribution in [0.2, 0.25) is 0 Å². The van der Waals surface area contributed by atoms with Gasteiger partial charge in [0, 0.05) is 11.1 Å². The summed E-state index contributed by atoms with van der Waals surface area (Å²) in [7, 11) is 0. The molecular formula is C47H33N. The highest BCUT2D eigenvalue weighted by Gasteiger charge is 2.37. The number of benzene rings is 8. The van der Waals surface area contributed by atoms with Crippen LogP contribution in [0.1, 0.15) is 25.0 Å². The SMILES string of the molecule is CC1(C)c2ccccc2N(c2ccc3cc4c(cc3c2)-c2c-4c(-c3ccccc3)c3ccccc3c2-c2ccccc2)c2ccccc21. The molecule has 48 heavy (non-hydrogen) atoms. The molecule has 0 unspecified atom stereocenters. The van der Waals surface area contributed by atoms with Gasteiger partial charge in [-0.15, -0.1) is 0 Å². The van der Waals surface area contributed by atoms with Crippen LogP contribution in [0.15, 0.2) is 164 Å². The predicted octanol–water partition coefficient (Wildman–Crippen LogP) is 13.1. The third kappa shape index (κ3) is 3.73.